The Morgan fingerprint density at radius 3 is 2.54 bits per heavy atom. The number of terminal acetylenes is 1. The summed E-state index contributed by atoms with van der Waals surface area (Å²) in [4.78, 5) is 13.1. The maximum Gasteiger partial charge on any atom is 0.136 e. The zero-order chi connectivity index (χ0) is 17.3. The Morgan fingerprint density at radius 1 is 1.12 bits per heavy atom. The predicted molar refractivity (Wildman–Crippen MR) is 91.9 cm³/mol. The number of fused-ring (bicyclic) bond motifs is 5. The molecule has 4 aliphatic rings. The van der Waals surface area contributed by atoms with Crippen LogP contribution in [0.4, 0.5) is 0 Å². The Hall–Kier alpha value is -0.850. The highest BCUT2D eigenvalue weighted by atomic mass is 16.3. The topological polar surface area (TPSA) is 57.5 Å². The highest BCUT2D eigenvalue weighted by molar-refractivity contribution is 5.83. The zero-order valence-electron chi connectivity index (χ0n) is 14.9. The summed E-state index contributed by atoms with van der Waals surface area (Å²) in [6.07, 6.45) is 12.1. The van der Waals surface area contributed by atoms with Crippen LogP contribution in [0.2, 0.25) is 0 Å². The molecule has 0 radical (unpaired) electrons. The second kappa shape index (κ2) is 5.08. The SMILES string of the molecule is C#C[C@]1(O)CC[C@H]2[C@@H]3C(=O)CC4C[C@@H](O)CC[C@]4(C)[C@H]3CC[C@@]21C. The van der Waals surface area contributed by atoms with Gasteiger partial charge in [-0.1, -0.05) is 19.8 Å². The smallest absolute Gasteiger partial charge is 0.136 e. The normalized spacial score (nSPS) is 56.8. The number of aliphatic hydroxyl groups is 2. The fourth-order valence-electron chi connectivity index (χ4n) is 7.17. The van der Waals surface area contributed by atoms with Crippen molar-refractivity contribution >= 4 is 5.78 Å². The van der Waals surface area contributed by atoms with Gasteiger partial charge in [0, 0.05) is 17.8 Å². The van der Waals surface area contributed by atoms with Crippen molar-refractivity contribution in [2.24, 2.45) is 34.5 Å². The van der Waals surface area contributed by atoms with Crippen molar-refractivity contribution < 1.29 is 15.0 Å². The van der Waals surface area contributed by atoms with Gasteiger partial charge in [-0.05, 0) is 68.1 Å². The molecule has 0 bridgehead atoms. The first kappa shape index (κ1) is 16.6. The molecule has 8 atom stereocenters. The summed E-state index contributed by atoms with van der Waals surface area (Å²) < 4.78 is 0. The van der Waals surface area contributed by atoms with Crippen LogP contribution in [0.3, 0.4) is 0 Å². The number of carbonyl (C=O) groups excluding carboxylic acids is 1. The average molecular weight is 330 g/mol. The molecular formula is C21H30O3. The number of hydrogen-bond donors (Lipinski definition) is 2. The molecule has 4 saturated carbocycles. The van der Waals surface area contributed by atoms with Crippen molar-refractivity contribution in [1.29, 1.82) is 0 Å². The molecule has 4 fully saturated rings. The molecular weight excluding hydrogens is 300 g/mol. The number of ketones is 1. The molecule has 0 aliphatic heterocycles. The number of Topliss-reactive ketones (excluding diaryl/α,β-unsaturated/α-hetero) is 1. The van der Waals surface area contributed by atoms with Gasteiger partial charge < -0.3 is 10.2 Å². The van der Waals surface area contributed by atoms with E-state index < -0.39 is 5.60 Å². The van der Waals surface area contributed by atoms with Crippen LogP contribution in [0.25, 0.3) is 0 Å². The summed E-state index contributed by atoms with van der Waals surface area (Å²) in [6.45, 7) is 4.48. The summed E-state index contributed by atoms with van der Waals surface area (Å²) in [5, 5.41) is 21.1. The lowest BCUT2D eigenvalue weighted by molar-refractivity contribution is -0.166. The van der Waals surface area contributed by atoms with Crippen molar-refractivity contribution in [3.8, 4) is 12.3 Å². The van der Waals surface area contributed by atoms with Crippen LogP contribution in [0.5, 0.6) is 0 Å². The molecule has 0 heterocycles. The molecule has 0 aromatic heterocycles. The van der Waals surface area contributed by atoms with Crippen LogP contribution in [0.15, 0.2) is 0 Å². The van der Waals surface area contributed by atoms with Gasteiger partial charge >= 0.3 is 0 Å². The van der Waals surface area contributed by atoms with Crippen LogP contribution in [0, 0.1) is 46.8 Å². The maximum absolute atomic E-state index is 13.1. The van der Waals surface area contributed by atoms with E-state index in [0.717, 1.165) is 38.5 Å². The Bertz CT molecular complexity index is 607. The Balaban J connectivity index is 1.71. The molecule has 2 N–H and O–H groups in total. The number of aliphatic hydroxyl groups excluding tert-OH is 1. The molecule has 4 aliphatic carbocycles. The largest absolute Gasteiger partial charge is 0.393 e. The van der Waals surface area contributed by atoms with Crippen molar-refractivity contribution in [3.05, 3.63) is 0 Å². The van der Waals surface area contributed by atoms with Gasteiger partial charge in [0.15, 0.2) is 0 Å². The minimum absolute atomic E-state index is 0.0580. The van der Waals surface area contributed by atoms with Gasteiger partial charge in [-0.3, -0.25) is 4.79 Å². The van der Waals surface area contributed by atoms with Gasteiger partial charge in [-0.25, -0.2) is 0 Å². The molecule has 0 amide bonds. The van der Waals surface area contributed by atoms with Crippen LogP contribution < -0.4 is 0 Å². The van der Waals surface area contributed by atoms with Crippen molar-refractivity contribution in [3.63, 3.8) is 0 Å². The lowest BCUT2D eigenvalue weighted by Gasteiger charge is -2.60. The van der Waals surface area contributed by atoms with Gasteiger partial charge in [0.2, 0.25) is 0 Å². The number of carbonyl (C=O) groups is 1. The van der Waals surface area contributed by atoms with Crippen molar-refractivity contribution in [2.75, 3.05) is 0 Å². The molecule has 1 unspecified atom stereocenters. The third-order valence-electron chi connectivity index (χ3n) is 8.83. The highest BCUT2D eigenvalue weighted by Crippen LogP contribution is 2.67. The number of rotatable bonds is 0. The maximum atomic E-state index is 13.1. The predicted octanol–water partition coefficient (Wildman–Crippen LogP) is 2.93. The molecule has 0 aromatic carbocycles. The molecule has 4 rings (SSSR count). The van der Waals surface area contributed by atoms with Crippen LogP contribution >= 0.6 is 0 Å². The fourth-order valence-corrected chi connectivity index (χ4v) is 7.17. The molecule has 132 valence electrons. The second-order valence-corrected chi connectivity index (χ2v) is 9.54. The Kier molecular flexibility index (Phi) is 3.52. The van der Waals surface area contributed by atoms with Gasteiger partial charge in [0.05, 0.1) is 6.10 Å². The van der Waals surface area contributed by atoms with E-state index in [4.69, 9.17) is 6.42 Å². The summed E-state index contributed by atoms with van der Waals surface area (Å²) in [6, 6.07) is 0. The third kappa shape index (κ3) is 1.90. The van der Waals surface area contributed by atoms with Crippen molar-refractivity contribution in [1.82, 2.24) is 0 Å². The summed E-state index contributed by atoms with van der Waals surface area (Å²) in [7, 11) is 0. The van der Waals surface area contributed by atoms with Gasteiger partial charge in [-0.2, -0.15) is 0 Å². The molecule has 0 aromatic rings. The van der Waals surface area contributed by atoms with E-state index in [1.54, 1.807) is 0 Å². The summed E-state index contributed by atoms with van der Waals surface area (Å²) in [5.41, 5.74) is -1.21. The quantitative estimate of drug-likeness (QED) is 0.672. The minimum Gasteiger partial charge on any atom is -0.393 e. The lowest BCUT2D eigenvalue weighted by atomic mass is 9.44. The second-order valence-electron chi connectivity index (χ2n) is 9.54. The van der Waals surface area contributed by atoms with E-state index in [9.17, 15) is 15.0 Å². The Labute approximate surface area is 145 Å². The van der Waals surface area contributed by atoms with E-state index in [-0.39, 0.29) is 28.8 Å². The van der Waals surface area contributed by atoms with Crippen LogP contribution in [-0.4, -0.2) is 27.7 Å². The zero-order valence-corrected chi connectivity index (χ0v) is 14.9. The van der Waals surface area contributed by atoms with E-state index in [1.807, 2.05) is 0 Å². The van der Waals surface area contributed by atoms with E-state index in [2.05, 4.69) is 19.8 Å². The number of hydrogen-bond acceptors (Lipinski definition) is 3. The molecule has 0 saturated heterocycles. The van der Waals surface area contributed by atoms with Crippen LogP contribution in [-0.2, 0) is 4.79 Å². The fraction of sp³-hybridized carbons (Fsp3) is 0.857. The summed E-state index contributed by atoms with van der Waals surface area (Å²) >= 11 is 0. The molecule has 24 heavy (non-hydrogen) atoms. The van der Waals surface area contributed by atoms with E-state index in [1.165, 1.54) is 0 Å². The van der Waals surface area contributed by atoms with Crippen molar-refractivity contribution in [2.45, 2.75) is 76.9 Å². The average Bonchev–Trinajstić information content (AvgIpc) is 2.82. The van der Waals surface area contributed by atoms with Gasteiger partial charge in [-0.15, -0.1) is 6.42 Å². The minimum atomic E-state index is -1.05. The third-order valence-corrected chi connectivity index (χ3v) is 8.83. The van der Waals surface area contributed by atoms with E-state index >= 15 is 0 Å². The van der Waals surface area contributed by atoms with E-state index in [0.29, 0.717) is 30.5 Å². The first-order valence-electron chi connectivity index (χ1n) is 9.66. The van der Waals surface area contributed by atoms with Crippen LogP contribution in [0.1, 0.15) is 65.2 Å². The monoisotopic (exact) mass is 330 g/mol. The Morgan fingerprint density at radius 2 is 1.83 bits per heavy atom. The standard InChI is InChI=1S/C21H30O3/c1-4-21(24)10-7-16-18-15(6-9-20(16,21)3)19(2)8-5-14(22)11-13(19)12-17(18)23/h1,13-16,18,22,24H,5-12H2,2-3H3/t13?,14-,15-,16-,18+,19-,20-,21-/m0/s1. The molecule has 0 spiro atoms. The van der Waals surface area contributed by atoms with Gasteiger partial charge in [0.25, 0.3) is 0 Å². The first-order valence-corrected chi connectivity index (χ1v) is 9.66. The first-order chi connectivity index (χ1) is 11.2. The highest BCUT2D eigenvalue weighted by Gasteiger charge is 2.66. The molecule has 3 nitrogen and oxygen atoms in total. The van der Waals surface area contributed by atoms with Gasteiger partial charge in [0.1, 0.15) is 11.4 Å². The summed E-state index contributed by atoms with van der Waals surface area (Å²) in [5.74, 6) is 4.04. The molecule has 3 heteroatoms. The lowest BCUT2D eigenvalue weighted by Crippen LogP contribution is -2.59.